The fraction of sp³-hybridized carbons (Fsp3) is 0.643. The number of hydrogen-bond donors (Lipinski definition) is 0. The van der Waals surface area contributed by atoms with Gasteiger partial charge in [-0.25, -0.2) is 0 Å². The Bertz CT molecular complexity index is 357. The maximum Gasteiger partial charge on any atom is 0.225 e. The van der Waals surface area contributed by atoms with Gasteiger partial charge in [0, 0.05) is 30.8 Å². The molecule has 2 rings (SSSR count). The second-order valence-corrected chi connectivity index (χ2v) is 5.16. The molecule has 0 aromatic heterocycles. The normalized spacial score (nSPS) is 27.8. The van der Waals surface area contributed by atoms with Gasteiger partial charge in [0.05, 0.1) is 12.9 Å². The molecule has 0 bridgehead atoms. The van der Waals surface area contributed by atoms with Crippen molar-refractivity contribution in [2.75, 3.05) is 20.2 Å². The van der Waals surface area contributed by atoms with Crippen LogP contribution in [0.25, 0.3) is 0 Å². The summed E-state index contributed by atoms with van der Waals surface area (Å²) in [6, 6.07) is 0. The van der Waals surface area contributed by atoms with Crippen molar-refractivity contribution < 1.29 is 9.53 Å². The first-order valence-electron chi connectivity index (χ1n) is 6.34. The van der Waals surface area contributed by atoms with E-state index in [0.717, 1.165) is 25.3 Å². The molecule has 0 aromatic carbocycles. The molecule has 3 nitrogen and oxygen atoms in total. The van der Waals surface area contributed by atoms with Crippen molar-refractivity contribution in [2.24, 2.45) is 17.8 Å². The summed E-state index contributed by atoms with van der Waals surface area (Å²) in [7, 11) is 1.73. The summed E-state index contributed by atoms with van der Waals surface area (Å²) in [5.74, 6) is 2.31. The molecule has 1 fully saturated rings. The number of carbonyl (C=O) groups is 1. The van der Waals surface area contributed by atoms with Gasteiger partial charge in [0.25, 0.3) is 0 Å². The summed E-state index contributed by atoms with van der Waals surface area (Å²) in [6.07, 6.45) is 7.30. The molecule has 2 atom stereocenters. The SMILES string of the molecule is COC1=CC=CC2CN(C(=O)C(C)C)CC[C@@H]12. The number of nitrogens with zero attached hydrogens (tertiary/aromatic N) is 1. The Morgan fingerprint density at radius 1 is 1.53 bits per heavy atom. The van der Waals surface area contributed by atoms with E-state index in [2.05, 4.69) is 6.08 Å². The largest absolute Gasteiger partial charge is 0.501 e. The van der Waals surface area contributed by atoms with Crippen molar-refractivity contribution in [2.45, 2.75) is 20.3 Å². The summed E-state index contributed by atoms with van der Waals surface area (Å²) in [4.78, 5) is 14.0. The zero-order chi connectivity index (χ0) is 12.4. The van der Waals surface area contributed by atoms with Gasteiger partial charge in [-0.3, -0.25) is 4.79 Å². The predicted octanol–water partition coefficient (Wildman–Crippen LogP) is 2.21. The maximum atomic E-state index is 12.0. The summed E-state index contributed by atoms with van der Waals surface area (Å²) >= 11 is 0. The Kier molecular flexibility index (Phi) is 3.55. The topological polar surface area (TPSA) is 29.5 Å². The molecule has 0 spiro atoms. The smallest absolute Gasteiger partial charge is 0.225 e. The first-order chi connectivity index (χ1) is 8.13. The molecule has 1 unspecified atom stereocenters. The Balaban J connectivity index is 2.05. The molecule has 17 heavy (non-hydrogen) atoms. The van der Waals surface area contributed by atoms with E-state index in [1.807, 2.05) is 30.9 Å². The number of likely N-dealkylation sites (tertiary alicyclic amines) is 1. The van der Waals surface area contributed by atoms with Crippen LogP contribution in [-0.2, 0) is 9.53 Å². The minimum atomic E-state index is 0.0940. The lowest BCUT2D eigenvalue weighted by molar-refractivity contribution is -0.136. The van der Waals surface area contributed by atoms with Crippen molar-refractivity contribution in [3.05, 3.63) is 24.0 Å². The van der Waals surface area contributed by atoms with Gasteiger partial charge < -0.3 is 9.64 Å². The van der Waals surface area contributed by atoms with Crippen molar-refractivity contribution >= 4 is 5.91 Å². The van der Waals surface area contributed by atoms with E-state index >= 15 is 0 Å². The molecule has 1 aliphatic carbocycles. The summed E-state index contributed by atoms with van der Waals surface area (Å²) in [5, 5.41) is 0. The summed E-state index contributed by atoms with van der Waals surface area (Å²) in [5.41, 5.74) is 0. The van der Waals surface area contributed by atoms with E-state index < -0.39 is 0 Å². The van der Waals surface area contributed by atoms with Crippen molar-refractivity contribution in [3.8, 4) is 0 Å². The molecule has 1 saturated heterocycles. The van der Waals surface area contributed by atoms with Crippen LogP contribution in [0.3, 0.4) is 0 Å². The van der Waals surface area contributed by atoms with Gasteiger partial charge in [-0.1, -0.05) is 26.0 Å². The highest BCUT2D eigenvalue weighted by atomic mass is 16.5. The van der Waals surface area contributed by atoms with Crippen LogP contribution in [-0.4, -0.2) is 31.0 Å². The quantitative estimate of drug-likeness (QED) is 0.734. The zero-order valence-corrected chi connectivity index (χ0v) is 10.8. The third-order valence-electron chi connectivity index (χ3n) is 3.68. The van der Waals surface area contributed by atoms with E-state index in [1.165, 1.54) is 0 Å². The number of ether oxygens (including phenoxy) is 1. The maximum absolute atomic E-state index is 12.0. The van der Waals surface area contributed by atoms with Crippen LogP contribution < -0.4 is 0 Å². The first-order valence-corrected chi connectivity index (χ1v) is 6.34. The molecule has 0 aromatic rings. The standard InChI is InChI=1S/C14H21NO2/c1-10(2)14(16)15-8-7-12-11(9-15)5-4-6-13(12)17-3/h4-6,10-12H,7-9H2,1-3H3/t11?,12-/m1/s1. The average molecular weight is 235 g/mol. The van der Waals surface area contributed by atoms with Gasteiger partial charge in [-0.05, 0) is 12.5 Å². The second-order valence-electron chi connectivity index (χ2n) is 5.16. The number of carbonyl (C=O) groups excluding carboxylic acids is 1. The van der Waals surface area contributed by atoms with Crippen LogP contribution >= 0.6 is 0 Å². The fourth-order valence-electron chi connectivity index (χ4n) is 2.73. The van der Waals surface area contributed by atoms with Gasteiger partial charge in [0.2, 0.25) is 5.91 Å². The zero-order valence-electron chi connectivity index (χ0n) is 10.8. The third-order valence-corrected chi connectivity index (χ3v) is 3.68. The number of allylic oxidation sites excluding steroid dienone is 3. The van der Waals surface area contributed by atoms with Crippen LogP contribution in [0.2, 0.25) is 0 Å². The second kappa shape index (κ2) is 4.94. The predicted molar refractivity (Wildman–Crippen MR) is 67.2 cm³/mol. The lowest BCUT2D eigenvalue weighted by Crippen LogP contribution is -2.45. The van der Waals surface area contributed by atoms with Crippen molar-refractivity contribution in [1.29, 1.82) is 0 Å². The van der Waals surface area contributed by atoms with Gasteiger partial charge in [0.1, 0.15) is 0 Å². The number of piperidine rings is 1. The van der Waals surface area contributed by atoms with Crippen LogP contribution in [0.15, 0.2) is 24.0 Å². The molecule has 0 N–H and O–H groups in total. The highest BCUT2D eigenvalue weighted by molar-refractivity contribution is 5.78. The van der Waals surface area contributed by atoms with E-state index in [0.29, 0.717) is 11.8 Å². The minimum Gasteiger partial charge on any atom is -0.501 e. The van der Waals surface area contributed by atoms with Crippen LogP contribution in [0.4, 0.5) is 0 Å². The minimum absolute atomic E-state index is 0.0940. The van der Waals surface area contributed by atoms with Crippen molar-refractivity contribution in [1.82, 2.24) is 4.90 Å². The lowest BCUT2D eigenvalue weighted by Gasteiger charge is -2.39. The molecule has 0 saturated carbocycles. The number of methoxy groups -OCH3 is 1. The Hall–Kier alpha value is -1.25. The first kappa shape index (κ1) is 12.2. The highest BCUT2D eigenvalue weighted by Gasteiger charge is 2.34. The Labute approximate surface area is 103 Å². The Morgan fingerprint density at radius 2 is 2.29 bits per heavy atom. The molecule has 1 amide bonds. The fourth-order valence-corrected chi connectivity index (χ4v) is 2.73. The molecule has 2 aliphatic rings. The molecular weight excluding hydrogens is 214 g/mol. The summed E-state index contributed by atoms with van der Waals surface area (Å²) in [6.45, 7) is 5.61. The van der Waals surface area contributed by atoms with E-state index in [-0.39, 0.29) is 11.8 Å². The van der Waals surface area contributed by atoms with E-state index in [1.54, 1.807) is 7.11 Å². The highest BCUT2D eigenvalue weighted by Crippen LogP contribution is 2.34. The van der Waals surface area contributed by atoms with Gasteiger partial charge >= 0.3 is 0 Å². The number of amides is 1. The monoisotopic (exact) mass is 235 g/mol. The van der Waals surface area contributed by atoms with Crippen LogP contribution in [0.5, 0.6) is 0 Å². The van der Waals surface area contributed by atoms with Gasteiger partial charge in [0.15, 0.2) is 0 Å². The Morgan fingerprint density at radius 3 is 2.94 bits per heavy atom. The third kappa shape index (κ3) is 2.38. The molecule has 1 heterocycles. The molecule has 94 valence electrons. The van der Waals surface area contributed by atoms with E-state index in [9.17, 15) is 4.79 Å². The molecule has 3 heteroatoms. The number of rotatable bonds is 2. The lowest BCUT2D eigenvalue weighted by atomic mass is 9.81. The van der Waals surface area contributed by atoms with E-state index in [4.69, 9.17) is 4.74 Å². The van der Waals surface area contributed by atoms with Crippen molar-refractivity contribution in [3.63, 3.8) is 0 Å². The number of hydrogen-bond acceptors (Lipinski definition) is 2. The van der Waals surface area contributed by atoms with Gasteiger partial charge in [-0.15, -0.1) is 0 Å². The average Bonchev–Trinajstić information content (AvgIpc) is 2.36. The van der Waals surface area contributed by atoms with Crippen LogP contribution in [0.1, 0.15) is 20.3 Å². The van der Waals surface area contributed by atoms with Gasteiger partial charge in [-0.2, -0.15) is 0 Å². The molecule has 1 aliphatic heterocycles. The molecular formula is C14H21NO2. The van der Waals surface area contributed by atoms with Crippen LogP contribution in [0, 0.1) is 17.8 Å². The molecule has 0 radical (unpaired) electrons. The summed E-state index contributed by atoms with van der Waals surface area (Å²) < 4.78 is 5.41. The number of fused-ring (bicyclic) bond motifs is 1.